The number of halogens is 1. The van der Waals surface area contributed by atoms with Gasteiger partial charge < -0.3 is 36.3 Å². The molecule has 1 fully saturated rings. The van der Waals surface area contributed by atoms with Gasteiger partial charge in [0.2, 0.25) is 17.7 Å². The number of carbonyl (C=O) groups excluding carboxylic acids is 5. The van der Waals surface area contributed by atoms with E-state index in [0.29, 0.717) is 33.8 Å². The molecule has 2 aromatic heterocycles. The van der Waals surface area contributed by atoms with Crippen molar-refractivity contribution in [3.05, 3.63) is 93.1 Å². The molecule has 300 valence electrons. The van der Waals surface area contributed by atoms with Gasteiger partial charge in [-0.2, -0.15) is 0 Å². The van der Waals surface area contributed by atoms with Crippen molar-refractivity contribution in [3.63, 3.8) is 0 Å². The molecular weight excluding hydrogens is 750 g/mol. The molecule has 3 atom stereocenters. The maximum Gasteiger partial charge on any atom is 0.256 e. The summed E-state index contributed by atoms with van der Waals surface area (Å²) in [5.74, 6) is -2.46. The number of carbonyl (C=O) groups is 5. The Balaban J connectivity index is 1.02. The van der Waals surface area contributed by atoms with Crippen LogP contribution < -0.4 is 21.3 Å². The molecule has 1 saturated heterocycles. The van der Waals surface area contributed by atoms with E-state index in [4.69, 9.17) is 0 Å². The third-order valence-electron chi connectivity index (χ3n) is 10.3. The van der Waals surface area contributed by atoms with E-state index in [1.165, 1.54) is 23.1 Å². The van der Waals surface area contributed by atoms with Crippen LogP contribution in [-0.4, -0.2) is 80.8 Å². The van der Waals surface area contributed by atoms with Gasteiger partial charge in [-0.15, -0.1) is 11.3 Å². The number of aliphatic hydroxyl groups excluding tert-OH is 1. The van der Waals surface area contributed by atoms with E-state index in [2.05, 4.69) is 31.2 Å². The van der Waals surface area contributed by atoms with Crippen molar-refractivity contribution < 1.29 is 33.5 Å². The van der Waals surface area contributed by atoms with Gasteiger partial charge in [0.15, 0.2) is 0 Å². The monoisotopic (exact) mass is 797 g/mol. The normalized spacial score (nSPS) is 17.6. The van der Waals surface area contributed by atoms with Crippen molar-refractivity contribution >= 4 is 58.2 Å². The summed E-state index contributed by atoms with van der Waals surface area (Å²) in [6.45, 7) is 11.3. The second-order valence-electron chi connectivity index (χ2n) is 15.7. The number of H-pyrrole nitrogens is 1. The van der Waals surface area contributed by atoms with Crippen LogP contribution in [0.2, 0.25) is 0 Å². The second kappa shape index (κ2) is 16.8. The van der Waals surface area contributed by atoms with E-state index in [1.54, 1.807) is 36.8 Å². The lowest BCUT2D eigenvalue weighted by Gasteiger charge is -2.35. The summed E-state index contributed by atoms with van der Waals surface area (Å²) >= 11 is 1.56. The Morgan fingerprint density at radius 1 is 1.09 bits per heavy atom. The number of benzene rings is 2. The Kier molecular flexibility index (Phi) is 12.1. The van der Waals surface area contributed by atoms with Gasteiger partial charge in [-0.1, -0.05) is 45.0 Å². The fourth-order valence-corrected chi connectivity index (χ4v) is 8.07. The first-order valence-electron chi connectivity index (χ1n) is 18.9. The summed E-state index contributed by atoms with van der Waals surface area (Å²) in [7, 11) is 0. The van der Waals surface area contributed by atoms with Crippen LogP contribution in [0.3, 0.4) is 0 Å². The minimum Gasteiger partial charge on any atom is -0.391 e. The molecule has 2 aromatic carbocycles. The Hall–Kier alpha value is -5.67. The number of aromatic amines is 1. The Morgan fingerprint density at radius 3 is 2.51 bits per heavy atom. The summed E-state index contributed by atoms with van der Waals surface area (Å²) in [5, 5.41) is 21.9. The summed E-state index contributed by atoms with van der Waals surface area (Å²) in [6, 6.07) is 9.98. The van der Waals surface area contributed by atoms with Gasteiger partial charge >= 0.3 is 0 Å². The molecule has 4 aromatic rings. The third kappa shape index (κ3) is 9.15. The molecule has 6 N–H and O–H groups in total. The molecule has 57 heavy (non-hydrogen) atoms. The highest BCUT2D eigenvalue weighted by Gasteiger charge is 2.44. The molecule has 13 nitrogen and oxygen atoms in total. The smallest absolute Gasteiger partial charge is 0.256 e. The quantitative estimate of drug-likeness (QED) is 0.0859. The van der Waals surface area contributed by atoms with E-state index < -0.39 is 47.1 Å². The van der Waals surface area contributed by atoms with E-state index in [0.717, 1.165) is 21.7 Å². The highest BCUT2D eigenvalue weighted by molar-refractivity contribution is 7.13. The van der Waals surface area contributed by atoms with Crippen molar-refractivity contribution in [2.24, 2.45) is 5.41 Å². The number of anilines is 1. The van der Waals surface area contributed by atoms with Crippen molar-refractivity contribution in [2.45, 2.75) is 85.5 Å². The molecule has 4 heterocycles. The van der Waals surface area contributed by atoms with Gasteiger partial charge in [-0.3, -0.25) is 24.0 Å². The number of amides is 5. The zero-order valence-electron chi connectivity index (χ0n) is 32.8. The van der Waals surface area contributed by atoms with Gasteiger partial charge in [0, 0.05) is 55.1 Å². The molecule has 6 rings (SSSR count). The molecule has 0 saturated carbocycles. The lowest BCUT2D eigenvalue weighted by molar-refractivity contribution is -0.144. The predicted octanol–water partition coefficient (Wildman–Crippen LogP) is 5.01. The van der Waals surface area contributed by atoms with Crippen LogP contribution in [0.15, 0.2) is 48.0 Å². The number of β-amino-alcohol motifs (C(OH)–C–C–N with tert-alkyl or cyclic N) is 1. The van der Waals surface area contributed by atoms with Gasteiger partial charge in [0.1, 0.15) is 17.9 Å². The highest BCUT2D eigenvalue weighted by Crippen LogP contribution is 2.35. The number of hydrogen-bond donors (Lipinski definition) is 6. The second-order valence-corrected chi connectivity index (χ2v) is 16.5. The molecule has 5 amide bonds. The van der Waals surface area contributed by atoms with Crippen molar-refractivity contribution in [1.82, 2.24) is 30.8 Å². The molecule has 0 bridgehead atoms. The number of hydrogen-bond acceptors (Lipinski definition) is 8. The molecule has 0 aliphatic carbocycles. The van der Waals surface area contributed by atoms with Crippen LogP contribution in [0.5, 0.6) is 0 Å². The van der Waals surface area contributed by atoms with Crippen LogP contribution in [0.25, 0.3) is 22.1 Å². The number of nitrogens with zero attached hydrogens (tertiary/aromatic N) is 2. The fourth-order valence-electron chi connectivity index (χ4n) is 7.26. The predicted molar refractivity (Wildman–Crippen MR) is 216 cm³/mol. The van der Waals surface area contributed by atoms with Crippen molar-refractivity contribution in [3.8, 4) is 10.4 Å². The summed E-state index contributed by atoms with van der Waals surface area (Å²) in [5.41, 5.74) is 7.29. The molecular formula is C42H48FN7O6S. The molecule has 2 aliphatic heterocycles. The van der Waals surface area contributed by atoms with Crippen LogP contribution >= 0.6 is 11.3 Å². The minimum absolute atomic E-state index is 0.0154. The molecule has 0 spiro atoms. The van der Waals surface area contributed by atoms with Crippen LogP contribution in [0.4, 0.5) is 10.1 Å². The number of aliphatic hydroxyl groups is 1. The molecule has 2 aliphatic rings. The van der Waals surface area contributed by atoms with E-state index in [9.17, 15) is 33.5 Å². The van der Waals surface area contributed by atoms with Gasteiger partial charge in [-0.25, -0.2) is 9.37 Å². The first-order valence-corrected chi connectivity index (χ1v) is 19.7. The summed E-state index contributed by atoms with van der Waals surface area (Å²) in [4.78, 5) is 76.4. The average Bonchev–Trinajstić information content (AvgIpc) is 3.92. The number of fused-ring (bicyclic) bond motifs is 1. The number of likely N-dealkylation sites (tertiary alicyclic amines) is 1. The molecule has 15 heteroatoms. The van der Waals surface area contributed by atoms with E-state index in [-0.39, 0.29) is 56.3 Å². The number of thiazole rings is 1. The topological polar surface area (TPSA) is 186 Å². The maximum absolute atomic E-state index is 14.0. The summed E-state index contributed by atoms with van der Waals surface area (Å²) < 4.78 is 13.9. The lowest BCUT2D eigenvalue weighted by atomic mass is 9.85. The van der Waals surface area contributed by atoms with E-state index in [1.807, 2.05) is 52.0 Å². The highest BCUT2D eigenvalue weighted by atomic mass is 32.1. The van der Waals surface area contributed by atoms with Gasteiger partial charge in [0.25, 0.3) is 11.8 Å². The largest absolute Gasteiger partial charge is 0.391 e. The SMILES string of the molecule is Cc1ncsc1-c1ccc(CNC(=O)[C@@H]2C[C@@H](O)CN2C(=O)[C@@H](NC(=O)CCCNC(=O)c2c(C)[nH]c(/C=C3\C(=O)Nc4ccc(F)cc43)c2C)C(C)(C)C)cc1. The lowest BCUT2D eigenvalue weighted by Crippen LogP contribution is -2.57. The third-order valence-corrected chi connectivity index (χ3v) is 11.3. The molecule has 0 radical (unpaired) electrons. The molecule has 0 unspecified atom stereocenters. The van der Waals surface area contributed by atoms with Crippen molar-refractivity contribution in [2.75, 3.05) is 18.4 Å². The first kappa shape index (κ1) is 41.0. The van der Waals surface area contributed by atoms with Crippen LogP contribution in [-0.2, 0) is 25.7 Å². The Bertz CT molecular complexity index is 2240. The summed E-state index contributed by atoms with van der Waals surface area (Å²) in [6.07, 6.45) is 1.08. The average molecular weight is 798 g/mol. The zero-order valence-corrected chi connectivity index (χ0v) is 33.7. The van der Waals surface area contributed by atoms with Crippen LogP contribution in [0, 0.1) is 32.0 Å². The number of rotatable bonds is 12. The van der Waals surface area contributed by atoms with Gasteiger partial charge in [0.05, 0.1) is 33.3 Å². The fraction of sp³-hybridized carbons (Fsp3) is 0.381. The van der Waals surface area contributed by atoms with Gasteiger partial charge in [-0.05, 0) is 73.6 Å². The Labute approximate surface area is 334 Å². The maximum atomic E-state index is 14.0. The van der Waals surface area contributed by atoms with Crippen molar-refractivity contribution in [1.29, 1.82) is 0 Å². The van der Waals surface area contributed by atoms with E-state index >= 15 is 0 Å². The Morgan fingerprint density at radius 2 is 1.82 bits per heavy atom. The first-order chi connectivity index (χ1) is 27.0. The number of aromatic nitrogens is 2. The number of aryl methyl sites for hydroxylation is 2. The van der Waals surface area contributed by atoms with Crippen LogP contribution in [0.1, 0.15) is 84.2 Å². The minimum atomic E-state index is -0.981. The number of nitrogens with one attached hydrogen (secondary N) is 5. The zero-order chi connectivity index (χ0) is 41.2. The standard InChI is InChI=1S/C42H48FN7O6S/c1-22-32(18-30-29-16-27(43)13-14-31(29)48-38(30)53)47-23(2)35(22)40(55)44-15-7-8-34(52)49-37(42(4,5)6)41(56)50-20-28(51)17-33(50)39(54)45-19-25-9-11-26(12-10-25)36-24(3)46-21-57-36/h9-14,16,18,21,28,33,37,47,51H,7-8,15,17,19-20H2,1-6H3,(H,44,55)(H,45,54)(H,48,53)(H,49,52)/b30-18-/t28-,33+,37-/m1/s1.